The highest BCUT2D eigenvalue weighted by Crippen LogP contribution is 2.14. The van der Waals surface area contributed by atoms with Crippen LogP contribution in [-0.4, -0.2) is 20.5 Å². The molecule has 0 saturated heterocycles. The summed E-state index contributed by atoms with van der Waals surface area (Å²) >= 11 is 0. The number of rotatable bonds is 3. The summed E-state index contributed by atoms with van der Waals surface area (Å²) in [4.78, 5) is 0. The van der Waals surface area contributed by atoms with Crippen LogP contribution in [0.25, 0.3) is 0 Å². The van der Waals surface area contributed by atoms with Crippen molar-refractivity contribution in [2.75, 3.05) is 0 Å². The molecular weight excluding hydrogens is 178 g/mol. The first-order valence-electron chi connectivity index (χ1n) is 4.44. The van der Waals surface area contributed by atoms with Gasteiger partial charge in [0.2, 0.25) is 0 Å². The van der Waals surface area contributed by atoms with Crippen LogP contribution in [0.4, 0.5) is 0 Å². The summed E-state index contributed by atoms with van der Waals surface area (Å²) in [6.07, 6.45) is 1.51. The van der Waals surface area contributed by atoms with Gasteiger partial charge >= 0.3 is 0 Å². The number of aromatic nitrogens is 3. The van der Waals surface area contributed by atoms with Gasteiger partial charge in [-0.15, -0.1) is 0 Å². The van der Waals surface area contributed by atoms with Gasteiger partial charge in [-0.1, -0.05) is 30.3 Å². The fourth-order valence-corrected chi connectivity index (χ4v) is 1.31. The molecular formula is C10H11N3O. The van der Waals surface area contributed by atoms with Crippen LogP contribution in [-0.2, 0) is 6.42 Å². The molecule has 4 heteroatoms. The molecule has 0 aliphatic heterocycles. The summed E-state index contributed by atoms with van der Waals surface area (Å²) < 4.78 is 0. The maximum Gasteiger partial charge on any atom is 0.111 e. The highest BCUT2D eigenvalue weighted by Gasteiger charge is 2.10. The third kappa shape index (κ3) is 1.97. The van der Waals surface area contributed by atoms with Gasteiger partial charge in [-0.2, -0.15) is 15.4 Å². The van der Waals surface area contributed by atoms with E-state index in [2.05, 4.69) is 15.4 Å². The molecule has 0 bridgehead atoms. The first-order chi connectivity index (χ1) is 6.86. The van der Waals surface area contributed by atoms with Gasteiger partial charge in [-0.05, 0) is 5.56 Å². The number of nitrogens with one attached hydrogen (secondary N) is 1. The van der Waals surface area contributed by atoms with E-state index in [0.717, 1.165) is 5.56 Å². The van der Waals surface area contributed by atoms with E-state index >= 15 is 0 Å². The molecule has 1 aromatic carbocycles. The van der Waals surface area contributed by atoms with Crippen molar-refractivity contribution in [2.45, 2.75) is 12.5 Å². The Balaban J connectivity index is 2.06. The number of hydrogen-bond donors (Lipinski definition) is 2. The topological polar surface area (TPSA) is 61.8 Å². The van der Waals surface area contributed by atoms with Gasteiger partial charge in [0, 0.05) is 6.42 Å². The molecule has 1 aromatic heterocycles. The summed E-state index contributed by atoms with van der Waals surface area (Å²) in [5.74, 6) is 0. The molecule has 0 radical (unpaired) electrons. The van der Waals surface area contributed by atoms with Gasteiger partial charge in [0.05, 0.1) is 6.20 Å². The maximum absolute atomic E-state index is 9.74. The van der Waals surface area contributed by atoms with Gasteiger partial charge in [-0.3, -0.25) is 0 Å². The number of H-pyrrole nitrogens is 1. The number of nitrogens with zero attached hydrogens (tertiary/aromatic N) is 2. The summed E-state index contributed by atoms with van der Waals surface area (Å²) in [5.41, 5.74) is 1.66. The van der Waals surface area contributed by atoms with Crippen molar-refractivity contribution in [1.29, 1.82) is 0 Å². The zero-order valence-corrected chi connectivity index (χ0v) is 7.59. The van der Waals surface area contributed by atoms with Gasteiger partial charge in [0.25, 0.3) is 0 Å². The second kappa shape index (κ2) is 4.02. The molecule has 14 heavy (non-hydrogen) atoms. The summed E-state index contributed by atoms with van der Waals surface area (Å²) in [6, 6.07) is 9.80. The van der Waals surface area contributed by atoms with Crippen LogP contribution in [0.3, 0.4) is 0 Å². The lowest BCUT2D eigenvalue weighted by molar-refractivity contribution is 0.173. The first-order valence-corrected chi connectivity index (χ1v) is 4.44. The summed E-state index contributed by atoms with van der Waals surface area (Å²) in [5, 5.41) is 19.7. The van der Waals surface area contributed by atoms with Gasteiger partial charge < -0.3 is 5.11 Å². The van der Waals surface area contributed by atoms with Crippen molar-refractivity contribution in [3.05, 3.63) is 47.8 Å². The Morgan fingerprint density at radius 2 is 2.07 bits per heavy atom. The number of hydrogen-bond acceptors (Lipinski definition) is 3. The monoisotopic (exact) mass is 189 g/mol. The molecule has 2 aromatic rings. The minimum absolute atomic E-state index is 0.563. The molecule has 0 amide bonds. The SMILES string of the molecule is OC(Cc1ccccc1)c1cn[nH]n1. The van der Waals surface area contributed by atoms with Gasteiger partial charge in [0.15, 0.2) is 0 Å². The fourth-order valence-electron chi connectivity index (χ4n) is 1.31. The Kier molecular flexibility index (Phi) is 2.55. The largest absolute Gasteiger partial charge is 0.386 e. The van der Waals surface area contributed by atoms with E-state index in [-0.39, 0.29) is 0 Å². The normalized spacial score (nSPS) is 12.6. The Morgan fingerprint density at radius 3 is 2.71 bits per heavy atom. The second-order valence-electron chi connectivity index (χ2n) is 3.10. The van der Waals surface area contributed by atoms with Crippen molar-refractivity contribution in [3.63, 3.8) is 0 Å². The Labute approximate surface area is 81.6 Å². The van der Waals surface area contributed by atoms with Gasteiger partial charge in [-0.25, -0.2) is 0 Å². The van der Waals surface area contributed by atoms with E-state index in [9.17, 15) is 5.11 Å². The van der Waals surface area contributed by atoms with Gasteiger partial charge in [0.1, 0.15) is 11.8 Å². The van der Waals surface area contributed by atoms with Crippen LogP contribution >= 0.6 is 0 Å². The molecule has 72 valence electrons. The standard InChI is InChI=1S/C10H11N3O/c14-10(9-7-11-13-12-9)6-8-4-2-1-3-5-8/h1-5,7,10,14H,6H2,(H,11,12,13). The molecule has 1 unspecified atom stereocenters. The lowest BCUT2D eigenvalue weighted by Gasteiger charge is -2.06. The molecule has 2 rings (SSSR count). The van der Waals surface area contributed by atoms with Crippen LogP contribution in [0, 0.1) is 0 Å². The van der Waals surface area contributed by atoms with E-state index in [4.69, 9.17) is 0 Å². The second-order valence-corrected chi connectivity index (χ2v) is 3.10. The molecule has 4 nitrogen and oxygen atoms in total. The quantitative estimate of drug-likeness (QED) is 0.759. The highest BCUT2D eigenvalue weighted by atomic mass is 16.3. The molecule has 0 aliphatic rings. The van der Waals surface area contributed by atoms with Crippen LogP contribution in [0.1, 0.15) is 17.4 Å². The van der Waals surface area contributed by atoms with Crippen LogP contribution < -0.4 is 0 Å². The van der Waals surface area contributed by atoms with Crippen LogP contribution in [0.15, 0.2) is 36.5 Å². The number of benzene rings is 1. The van der Waals surface area contributed by atoms with Crippen LogP contribution in [0.2, 0.25) is 0 Å². The minimum Gasteiger partial charge on any atom is -0.386 e. The van der Waals surface area contributed by atoms with Crippen molar-refractivity contribution in [3.8, 4) is 0 Å². The number of aromatic amines is 1. The number of aliphatic hydroxyl groups excluding tert-OH is 1. The highest BCUT2D eigenvalue weighted by molar-refractivity contribution is 5.17. The van der Waals surface area contributed by atoms with Crippen molar-refractivity contribution in [1.82, 2.24) is 15.4 Å². The third-order valence-corrected chi connectivity index (χ3v) is 2.05. The third-order valence-electron chi connectivity index (χ3n) is 2.05. The van der Waals surface area contributed by atoms with Crippen LogP contribution in [0.5, 0.6) is 0 Å². The maximum atomic E-state index is 9.74. The zero-order chi connectivity index (χ0) is 9.80. The van der Waals surface area contributed by atoms with E-state index in [1.165, 1.54) is 6.20 Å². The smallest absolute Gasteiger partial charge is 0.111 e. The molecule has 0 aliphatic carbocycles. The molecule has 0 fully saturated rings. The molecule has 1 heterocycles. The van der Waals surface area contributed by atoms with Crippen molar-refractivity contribution in [2.24, 2.45) is 0 Å². The fraction of sp³-hybridized carbons (Fsp3) is 0.200. The van der Waals surface area contributed by atoms with E-state index in [1.807, 2.05) is 30.3 Å². The minimum atomic E-state index is -0.587. The Bertz CT molecular complexity index is 372. The lowest BCUT2D eigenvalue weighted by Crippen LogP contribution is -2.01. The summed E-state index contributed by atoms with van der Waals surface area (Å²) in [6.45, 7) is 0. The first kappa shape index (κ1) is 8.90. The molecule has 0 spiro atoms. The van der Waals surface area contributed by atoms with E-state index < -0.39 is 6.10 Å². The predicted molar refractivity (Wildman–Crippen MR) is 51.5 cm³/mol. The average molecular weight is 189 g/mol. The van der Waals surface area contributed by atoms with Crippen molar-refractivity contribution < 1.29 is 5.11 Å². The number of aliphatic hydroxyl groups is 1. The molecule has 1 atom stereocenters. The average Bonchev–Trinajstić information content (AvgIpc) is 2.72. The Morgan fingerprint density at radius 1 is 1.29 bits per heavy atom. The zero-order valence-electron chi connectivity index (χ0n) is 7.59. The predicted octanol–water partition coefficient (Wildman–Crippen LogP) is 1.08. The van der Waals surface area contributed by atoms with E-state index in [1.54, 1.807) is 0 Å². The molecule has 2 N–H and O–H groups in total. The summed E-state index contributed by atoms with van der Waals surface area (Å²) in [7, 11) is 0. The lowest BCUT2D eigenvalue weighted by atomic mass is 10.1. The molecule has 0 saturated carbocycles. The van der Waals surface area contributed by atoms with E-state index in [0.29, 0.717) is 12.1 Å². The van der Waals surface area contributed by atoms with Crippen molar-refractivity contribution >= 4 is 0 Å². The Hall–Kier alpha value is -1.68.